The fraction of sp³-hybridized carbons (Fsp3) is 1.00. The summed E-state index contributed by atoms with van der Waals surface area (Å²) in [6.07, 6.45) is 2.80. The summed E-state index contributed by atoms with van der Waals surface area (Å²) in [4.78, 5) is 2.61. The molecule has 0 aliphatic heterocycles. The number of hydrogen-bond acceptors (Lipinski definition) is 2. The Morgan fingerprint density at radius 1 is 1.12 bits per heavy atom. The van der Waals surface area contributed by atoms with Gasteiger partial charge in [0.05, 0.1) is 0 Å². The Kier molecular flexibility index (Phi) is 5.94. The van der Waals surface area contributed by atoms with Gasteiger partial charge in [0.2, 0.25) is 0 Å². The Hall–Kier alpha value is -0.0800. The van der Waals surface area contributed by atoms with Gasteiger partial charge in [-0.05, 0) is 57.7 Å². The van der Waals surface area contributed by atoms with Crippen LogP contribution < -0.4 is 5.32 Å². The Morgan fingerprint density at radius 2 is 1.76 bits per heavy atom. The van der Waals surface area contributed by atoms with E-state index in [1.54, 1.807) is 0 Å². The van der Waals surface area contributed by atoms with E-state index < -0.39 is 0 Å². The van der Waals surface area contributed by atoms with Crippen molar-refractivity contribution in [3.05, 3.63) is 0 Å². The molecule has 2 nitrogen and oxygen atoms in total. The third kappa shape index (κ3) is 4.26. The summed E-state index contributed by atoms with van der Waals surface area (Å²) in [7, 11) is 2.31. The molecule has 1 fully saturated rings. The third-order valence-electron chi connectivity index (χ3n) is 4.47. The first-order chi connectivity index (χ1) is 7.93. The highest BCUT2D eigenvalue weighted by molar-refractivity contribution is 4.91. The van der Waals surface area contributed by atoms with E-state index >= 15 is 0 Å². The molecule has 0 bridgehead atoms. The molecule has 2 heteroatoms. The van der Waals surface area contributed by atoms with Crippen LogP contribution in [0.25, 0.3) is 0 Å². The van der Waals surface area contributed by atoms with Gasteiger partial charge in [0, 0.05) is 12.1 Å². The molecule has 1 N–H and O–H groups in total. The smallest absolute Gasteiger partial charge is 0.0136 e. The van der Waals surface area contributed by atoms with Crippen molar-refractivity contribution >= 4 is 0 Å². The van der Waals surface area contributed by atoms with Gasteiger partial charge in [-0.2, -0.15) is 0 Å². The zero-order valence-corrected chi connectivity index (χ0v) is 12.7. The van der Waals surface area contributed by atoms with Crippen molar-refractivity contribution in [1.29, 1.82) is 0 Å². The first-order valence-electron chi connectivity index (χ1n) is 7.36. The van der Waals surface area contributed by atoms with Crippen LogP contribution in [0.1, 0.15) is 47.5 Å². The minimum atomic E-state index is 0.702. The minimum absolute atomic E-state index is 0.702. The Morgan fingerprint density at radius 3 is 2.18 bits per heavy atom. The summed E-state index contributed by atoms with van der Waals surface area (Å²) in [5.74, 6) is 2.39. The first kappa shape index (κ1) is 15.0. The van der Waals surface area contributed by atoms with Crippen molar-refractivity contribution in [3.8, 4) is 0 Å². The Labute approximate surface area is 108 Å². The van der Waals surface area contributed by atoms with Crippen LogP contribution in [-0.4, -0.2) is 37.1 Å². The molecular formula is C15H32N2. The number of rotatable bonds is 7. The predicted molar refractivity (Wildman–Crippen MR) is 76.3 cm³/mol. The molecule has 3 unspecified atom stereocenters. The van der Waals surface area contributed by atoms with Crippen molar-refractivity contribution in [2.75, 3.05) is 20.1 Å². The van der Waals surface area contributed by atoms with Crippen molar-refractivity contribution in [2.45, 2.75) is 59.5 Å². The molecular weight excluding hydrogens is 208 g/mol. The predicted octanol–water partition coefficient (Wildman–Crippen LogP) is 2.99. The lowest BCUT2D eigenvalue weighted by atomic mass is 9.77. The zero-order valence-electron chi connectivity index (χ0n) is 12.7. The summed E-state index contributed by atoms with van der Waals surface area (Å²) >= 11 is 0. The monoisotopic (exact) mass is 240 g/mol. The molecule has 0 aromatic heterocycles. The average molecular weight is 240 g/mol. The second kappa shape index (κ2) is 6.75. The molecule has 1 aliphatic carbocycles. The molecule has 0 amide bonds. The lowest BCUT2D eigenvalue weighted by molar-refractivity contribution is 0.0399. The van der Waals surface area contributed by atoms with Gasteiger partial charge in [-0.1, -0.05) is 27.7 Å². The maximum Gasteiger partial charge on any atom is 0.0136 e. The molecule has 0 aromatic rings. The van der Waals surface area contributed by atoms with Gasteiger partial charge in [-0.3, -0.25) is 0 Å². The van der Waals surface area contributed by atoms with Gasteiger partial charge in [0.25, 0.3) is 0 Å². The van der Waals surface area contributed by atoms with Crippen LogP contribution >= 0.6 is 0 Å². The fourth-order valence-corrected chi connectivity index (χ4v) is 2.66. The third-order valence-corrected chi connectivity index (χ3v) is 4.47. The van der Waals surface area contributed by atoms with Crippen molar-refractivity contribution in [2.24, 2.45) is 17.8 Å². The van der Waals surface area contributed by atoms with Gasteiger partial charge < -0.3 is 10.2 Å². The van der Waals surface area contributed by atoms with Gasteiger partial charge in [-0.25, -0.2) is 0 Å². The summed E-state index contributed by atoms with van der Waals surface area (Å²) in [6, 6.07) is 1.51. The summed E-state index contributed by atoms with van der Waals surface area (Å²) in [6.45, 7) is 13.9. The molecule has 0 saturated heterocycles. The molecule has 17 heavy (non-hydrogen) atoms. The van der Waals surface area contributed by atoms with Crippen LogP contribution in [0, 0.1) is 17.8 Å². The van der Waals surface area contributed by atoms with E-state index in [0.717, 1.165) is 30.3 Å². The molecule has 0 spiro atoms. The standard InChI is InChI=1S/C15H32N2/c1-11(2)9-16-10-14-7-8-15(14)17(6)13(5)12(3)4/h11-16H,7-10H2,1-6H3. The number of hydrogen-bond donors (Lipinski definition) is 1. The largest absolute Gasteiger partial charge is 0.316 e. The molecule has 3 atom stereocenters. The van der Waals surface area contributed by atoms with Crippen LogP contribution in [-0.2, 0) is 0 Å². The molecule has 0 aromatic carbocycles. The fourth-order valence-electron chi connectivity index (χ4n) is 2.66. The topological polar surface area (TPSA) is 15.3 Å². The second-order valence-electron chi connectivity index (χ2n) is 6.61. The van der Waals surface area contributed by atoms with Crippen molar-refractivity contribution < 1.29 is 0 Å². The van der Waals surface area contributed by atoms with Gasteiger partial charge in [0.15, 0.2) is 0 Å². The molecule has 1 aliphatic rings. The normalized spacial score (nSPS) is 26.6. The molecule has 1 rings (SSSR count). The van der Waals surface area contributed by atoms with E-state index in [-0.39, 0.29) is 0 Å². The zero-order chi connectivity index (χ0) is 13.0. The van der Waals surface area contributed by atoms with E-state index in [1.165, 1.54) is 19.4 Å². The molecule has 102 valence electrons. The highest BCUT2D eigenvalue weighted by Gasteiger charge is 2.35. The van der Waals surface area contributed by atoms with Gasteiger partial charge >= 0.3 is 0 Å². The average Bonchev–Trinajstić information content (AvgIpc) is 2.20. The number of nitrogens with one attached hydrogen (secondary N) is 1. The Balaban J connectivity index is 2.30. The lowest BCUT2D eigenvalue weighted by Crippen LogP contribution is -2.53. The summed E-state index contributed by atoms with van der Waals surface area (Å²) in [5, 5.41) is 3.61. The second-order valence-corrected chi connectivity index (χ2v) is 6.61. The van der Waals surface area contributed by atoms with E-state index in [4.69, 9.17) is 0 Å². The molecule has 0 radical (unpaired) electrons. The molecule has 1 saturated carbocycles. The van der Waals surface area contributed by atoms with E-state index in [0.29, 0.717) is 6.04 Å². The number of nitrogens with zero attached hydrogens (tertiary/aromatic N) is 1. The van der Waals surface area contributed by atoms with E-state index in [9.17, 15) is 0 Å². The lowest BCUT2D eigenvalue weighted by Gasteiger charge is -2.46. The van der Waals surface area contributed by atoms with Crippen LogP contribution in [0.4, 0.5) is 0 Å². The quantitative estimate of drug-likeness (QED) is 0.736. The van der Waals surface area contributed by atoms with Crippen molar-refractivity contribution in [3.63, 3.8) is 0 Å². The highest BCUT2D eigenvalue weighted by Crippen LogP contribution is 2.33. The van der Waals surface area contributed by atoms with Crippen LogP contribution in [0.5, 0.6) is 0 Å². The summed E-state index contributed by atoms with van der Waals surface area (Å²) < 4.78 is 0. The minimum Gasteiger partial charge on any atom is -0.316 e. The van der Waals surface area contributed by atoms with Crippen LogP contribution in [0.3, 0.4) is 0 Å². The van der Waals surface area contributed by atoms with Gasteiger partial charge in [0.1, 0.15) is 0 Å². The van der Waals surface area contributed by atoms with E-state index in [2.05, 4.69) is 51.9 Å². The SMILES string of the molecule is CC(C)CNCC1CCC1N(C)C(C)C(C)C. The van der Waals surface area contributed by atoms with Crippen LogP contribution in [0.2, 0.25) is 0 Å². The highest BCUT2D eigenvalue weighted by atomic mass is 15.2. The summed E-state index contributed by atoms with van der Waals surface area (Å²) in [5.41, 5.74) is 0. The maximum absolute atomic E-state index is 3.61. The Bertz CT molecular complexity index is 213. The first-order valence-corrected chi connectivity index (χ1v) is 7.36. The maximum atomic E-state index is 3.61. The van der Waals surface area contributed by atoms with Gasteiger partial charge in [-0.15, -0.1) is 0 Å². The van der Waals surface area contributed by atoms with E-state index in [1.807, 2.05) is 0 Å². The van der Waals surface area contributed by atoms with Crippen molar-refractivity contribution in [1.82, 2.24) is 10.2 Å². The molecule has 0 heterocycles. The van der Waals surface area contributed by atoms with Crippen LogP contribution in [0.15, 0.2) is 0 Å².